The van der Waals surface area contributed by atoms with Gasteiger partial charge < -0.3 is 20.1 Å². The van der Waals surface area contributed by atoms with Gasteiger partial charge in [0.2, 0.25) is 0 Å². The molecule has 1 aromatic rings. The first kappa shape index (κ1) is 17.6. The second kappa shape index (κ2) is 7.66. The number of rotatable bonds is 5. The quantitative estimate of drug-likeness (QED) is 0.863. The van der Waals surface area contributed by atoms with Crippen molar-refractivity contribution in [3.63, 3.8) is 0 Å². The lowest BCUT2D eigenvalue weighted by atomic mass is 10.0. The molecule has 3 atom stereocenters. The zero-order chi connectivity index (χ0) is 17.0. The van der Waals surface area contributed by atoms with Gasteiger partial charge in [-0.05, 0) is 24.1 Å². The number of carbonyl (C=O) groups excluding carboxylic acids is 1. The molecule has 1 aromatic carbocycles. The lowest BCUT2D eigenvalue weighted by Gasteiger charge is -2.25. The van der Waals surface area contributed by atoms with E-state index in [9.17, 15) is 9.59 Å². The summed E-state index contributed by atoms with van der Waals surface area (Å²) in [4.78, 5) is 24.5. The number of benzene rings is 1. The molecule has 0 radical (unpaired) electrons. The van der Waals surface area contributed by atoms with Crippen molar-refractivity contribution in [3.05, 3.63) is 34.9 Å². The van der Waals surface area contributed by atoms with Gasteiger partial charge in [0.05, 0.1) is 12.0 Å². The van der Waals surface area contributed by atoms with Gasteiger partial charge in [0.25, 0.3) is 0 Å². The Bertz CT molecular complexity index is 564. The molecule has 7 heteroatoms. The monoisotopic (exact) mass is 340 g/mol. The van der Waals surface area contributed by atoms with E-state index in [0.717, 1.165) is 5.56 Å². The fraction of sp³-hybridized carbons (Fsp3) is 0.500. The van der Waals surface area contributed by atoms with E-state index in [2.05, 4.69) is 5.32 Å². The summed E-state index contributed by atoms with van der Waals surface area (Å²) < 4.78 is 5.72. The Morgan fingerprint density at radius 1 is 1.43 bits per heavy atom. The van der Waals surface area contributed by atoms with Gasteiger partial charge >= 0.3 is 12.0 Å². The summed E-state index contributed by atoms with van der Waals surface area (Å²) in [5.41, 5.74) is 0.957. The molecule has 0 bridgehead atoms. The van der Waals surface area contributed by atoms with E-state index in [-0.39, 0.29) is 24.7 Å². The largest absolute Gasteiger partial charge is 0.481 e. The fourth-order valence-corrected chi connectivity index (χ4v) is 2.68. The molecule has 1 fully saturated rings. The summed E-state index contributed by atoms with van der Waals surface area (Å²) in [5.74, 6) is -1.54. The van der Waals surface area contributed by atoms with Crippen LogP contribution in [0.15, 0.2) is 24.3 Å². The first-order valence-corrected chi connectivity index (χ1v) is 7.87. The van der Waals surface area contributed by atoms with Crippen molar-refractivity contribution in [2.24, 2.45) is 5.92 Å². The second-order valence-corrected chi connectivity index (χ2v) is 6.24. The van der Waals surface area contributed by atoms with Crippen molar-refractivity contribution >= 4 is 23.6 Å². The summed E-state index contributed by atoms with van der Waals surface area (Å²) in [6.07, 6.45) is 0.489. The van der Waals surface area contributed by atoms with E-state index in [0.29, 0.717) is 18.1 Å². The number of carbonyl (C=O) groups is 2. The first-order valence-electron chi connectivity index (χ1n) is 7.50. The Morgan fingerprint density at radius 3 is 2.70 bits per heavy atom. The van der Waals surface area contributed by atoms with E-state index in [1.807, 2.05) is 12.1 Å². The predicted octanol–water partition coefficient (Wildman–Crippen LogP) is 2.53. The van der Waals surface area contributed by atoms with Crippen molar-refractivity contribution in [1.29, 1.82) is 0 Å². The van der Waals surface area contributed by atoms with Crippen LogP contribution in [0.25, 0.3) is 0 Å². The molecule has 3 unspecified atom stereocenters. The molecule has 1 heterocycles. The molecule has 23 heavy (non-hydrogen) atoms. The summed E-state index contributed by atoms with van der Waals surface area (Å²) in [6, 6.07) is 6.90. The Hall–Kier alpha value is -1.79. The Labute approximate surface area is 140 Å². The summed E-state index contributed by atoms with van der Waals surface area (Å²) in [5, 5.41) is 12.5. The number of urea groups is 1. The molecule has 0 aliphatic carbocycles. The van der Waals surface area contributed by atoms with Crippen LogP contribution in [0.1, 0.15) is 25.0 Å². The van der Waals surface area contributed by atoms with Gasteiger partial charge in [-0.3, -0.25) is 4.79 Å². The topological polar surface area (TPSA) is 78.9 Å². The summed E-state index contributed by atoms with van der Waals surface area (Å²) in [6.45, 7) is 2.29. The van der Waals surface area contributed by atoms with Gasteiger partial charge in [0.15, 0.2) is 0 Å². The summed E-state index contributed by atoms with van der Waals surface area (Å²) in [7, 11) is 1.59. The fourth-order valence-electron chi connectivity index (χ4n) is 2.56. The van der Waals surface area contributed by atoms with Gasteiger partial charge in [0, 0.05) is 25.2 Å². The highest BCUT2D eigenvalue weighted by molar-refractivity contribution is 6.30. The minimum atomic E-state index is -0.923. The third-order valence-electron chi connectivity index (χ3n) is 3.92. The zero-order valence-corrected chi connectivity index (χ0v) is 13.9. The van der Waals surface area contributed by atoms with Crippen molar-refractivity contribution < 1.29 is 19.4 Å². The number of aliphatic carboxylic acids is 1. The lowest BCUT2D eigenvalue weighted by Crippen LogP contribution is -2.46. The van der Waals surface area contributed by atoms with Crippen molar-refractivity contribution in [2.45, 2.75) is 25.5 Å². The molecule has 0 saturated carbocycles. The zero-order valence-electron chi connectivity index (χ0n) is 13.2. The highest BCUT2D eigenvalue weighted by Gasteiger charge is 2.32. The molecule has 1 aliphatic rings. The lowest BCUT2D eigenvalue weighted by molar-refractivity contribution is -0.141. The number of carboxylic acids is 1. The molecule has 2 N–H and O–H groups in total. The van der Waals surface area contributed by atoms with Crippen molar-refractivity contribution in [2.75, 3.05) is 20.2 Å². The number of amides is 2. The molecular weight excluding hydrogens is 320 g/mol. The average Bonchev–Trinajstić information content (AvgIpc) is 2.95. The second-order valence-electron chi connectivity index (χ2n) is 5.81. The molecule has 6 nitrogen and oxygen atoms in total. The number of ether oxygens (including phenoxy) is 1. The third-order valence-corrected chi connectivity index (χ3v) is 4.17. The Balaban J connectivity index is 1.96. The van der Waals surface area contributed by atoms with E-state index >= 15 is 0 Å². The Morgan fingerprint density at radius 2 is 2.09 bits per heavy atom. The maximum Gasteiger partial charge on any atom is 0.317 e. The van der Waals surface area contributed by atoms with Gasteiger partial charge in [-0.25, -0.2) is 4.79 Å². The van der Waals surface area contributed by atoms with Crippen LogP contribution >= 0.6 is 11.6 Å². The molecular formula is C16H21ClN2O4. The van der Waals surface area contributed by atoms with Crippen molar-refractivity contribution in [1.82, 2.24) is 10.2 Å². The molecule has 126 valence electrons. The van der Waals surface area contributed by atoms with Gasteiger partial charge in [0.1, 0.15) is 6.10 Å². The Kier molecular flexibility index (Phi) is 5.85. The first-order chi connectivity index (χ1) is 10.9. The minimum absolute atomic E-state index is 0.147. The van der Waals surface area contributed by atoms with Crippen LogP contribution in [-0.2, 0) is 9.53 Å². The smallest absolute Gasteiger partial charge is 0.317 e. The molecule has 0 spiro atoms. The van der Waals surface area contributed by atoms with Crippen LogP contribution in [-0.4, -0.2) is 48.2 Å². The van der Waals surface area contributed by atoms with Gasteiger partial charge in [-0.15, -0.1) is 0 Å². The van der Waals surface area contributed by atoms with Crippen molar-refractivity contribution in [3.8, 4) is 0 Å². The summed E-state index contributed by atoms with van der Waals surface area (Å²) >= 11 is 5.89. The molecule has 0 aromatic heterocycles. The van der Waals surface area contributed by atoms with Gasteiger partial charge in [-0.2, -0.15) is 0 Å². The number of hydrogen-bond donors (Lipinski definition) is 2. The van der Waals surface area contributed by atoms with E-state index in [4.69, 9.17) is 21.4 Å². The van der Waals surface area contributed by atoms with Crippen LogP contribution < -0.4 is 5.32 Å². The number of nitrogens with one attached hydrogen (secondary N) is 1. The number of halogens is 1. The normalized spacial score (nSPS) is 21.7. The molecule has 2 amide bonds. The number of nitrogens with zero attached hydrogens (tertiary/aromatic N) is 1. The highest BCUT2D eigenvalue weighted by atomic mass is 35.5. The van der Waals surface area contributed by atoms with Crippen LogP contribution in [0.3, 0.4) is 0 Å². The van der Waals surface area contributed by atoms with Crippen LogP contribution in [0.4, 0.5) is 4.79 Å². The third kappa shape index (κ3) is 4.59. The SMILES string of the molecule is CC(CN(C)C(=O)NC1CCOC1c1ccc(Cl)cc1)C(=O)O. The van der Waals surface area contributed by atoms with Crippen LogP contribution in [0.2, 0.25) is 5.02 Å². The van der Waals surface area contributed by atoms with E-state index in [1.165, 1.54) is 4.90 Å². The van der Waals surface area contributed by atoms with Crippen LogP contribution in [0, 0.1) is 5.92 Å². The van der Waals surface area contributed by atoms with E-state index < -0.39 is 11.9 Å². The molecule has 1 aliphatic heterocycles. The highest BCUT2D eigenvalue weighted by Crippen LogP contribution is 2.30. The van der Waals surface area contributed by atoms with Gasteiger partial charge in [-0.1, -0.05) is 30.7 Å². The number of hydrogen-bond acceptors (Lipinski definition) is 3. The average molecular weight is 341 g/mol. The predicted molar refractivity (Wildman–Crippen MR) is 86.5 cm³/mol. The van der Waals surface area contributed by atoms with E-state index in [1.54, 1.807) is 26.1 Å². The minimum Gasteiger partial charge on any atom is -0.481 e. The molecule has 2 rings (SSSR count). The molecule has 1 saturated heterocycles. The maximum absolute atomic E-state index is 12.2. The standard InChI is InChI=1S/C16H21ClN2O4/c1-10(15(20)21)9-19(2)16(22)18-13-7-8-23-14(13)11-3-5-12(17)6-4-11/h3-6,10,13-14H,7-9H2,1-2H3,(H,18,22)(H,20,21). The number of carboxylic acid groups (broad SMARTS) is 1. The maximum atomic E-state index is 12.2. The van der Waals surface area contributed by atoms with Crippen LogP contribution in [0.5, 0.6) is 0 Å².